The van der Waals surface area contributed by atoms with Crippen molar-refractivity contribution < 1.29 is 39.9 Å². The largest absolute Gasteiger partial charge is 0.511 e. The van der Waals surface area contributed by atoms with Crippen molar-refractivity contribution in [1.29, 1.82) is 0 Å². The number of allylic oxidation sites excluding steroid dienone is 1. The number of aliphatic hydroxyl groups excluding tert-OH is 3. The Morgan fingerprint density at radius 3 is 2.33 bits per heavy atom. The monoisotopic (exact) mass is 497 g/mol. The third kappa shape index (κ3) is 2.99. The molecule has 0 saturated heterocycles. The molecule has 0 bridgehead atoms. The van der Waals surface area contributed by atoms with Crippen molar-refractivity contribution in [3.05, 3.63) is 51.5 Å². The van der Waals surface area contributed by atoms with Crippen molar-refractivity contribution in [3.63, 3.8) is 0 Å². The maximum Gasteiger partial charge on any atom is 0.255 e. The summed E-state index contributed by atoms with van der Waals surface area (Å²) in [5, 5.41) is 55.6. The predicted molar refractivity (Wildman–Crippen MR) is 127 cm³/mol. The van der Waals surface area contributed by atoms with Gasteiger partial charge in [-0.15, -0.1) is 0 Å². The number of amides is 1. The van der Waals surface area contributed by atoms with Crippen LogP contribution in [-0.2, 0) is 15.0 Å². The van der Waals surface area contributed by atoms with E-state index in [0.717, 1.165) is 32.1 Å². The van der Waals surface area contributed by atoms with E-state index in [0.29, 0.717) is 11.1 Å². The number of fused-ring (bicyclic) bond motifs is 3. The average Bonchev–Trinajstić information content (AvgIpc) is 2.81. The van der Waals surface area contributed by atoms with Crippen LogP contribution >= 0.6 is 0 Å². The number of nitrogens with two attached hydrogens (primary N) is 1. The summed E-state index contributed by atoms with van der Waals surface area (Å²) in [5.74, 6) is -8.31. The first-order chi connectivity index (χ1) is 16.9. The normalized spacial score (nSPS) is 33.7. The van der Waals surface area contributed by atoms with Crippen molar-refractivity contribution in [2.75, 3.05) is 0 Å². The molecule has 9 nitrogen and oxygen atoms in total. The van der Waals surface area contributed by atoms with Crippen LogP contribution in [0, 0.1) is 11.8 Å². The molecule has 1 aromatic rings. The van der Waals surface area contributed by atoms with Crippen LogP contribution in [0.1, 0.15) is 79.8 Å². The second-order valence-electron chi connectivity index (χ2n) is 11.0. The summed E-state index contributed by atoms with van der Waals surface area (Å²) in [4.78, 5) is 38.8. The summed E-state index contributed by atoms with van der Waals surface area (Å²) in [6.45, 7) is 3.78. The van der Waals surface area contributed by atoms with Crippen LogP contribution in [0.5, 0.6) is 5.75 Å². The van der Waals surface area contributed by atoms with Crippen molar-refractivity contribution in [3.8, 4) is 5.75 Å². The first-order valence-electron chi connectivity index (χ1n) is 12.4. The lowest BCUT2D eigenvalue weighted by molar-refractivity contribution is -0.154. The van der Waals surface area contributed by atoms with Crippen LogP contribution in [0.2, 0.25) is 0 Å². The predicted octanol–water partition coefficient (Wildman–Crippen LogP) is 2.33. The van der Waals surface area contributed by atoms with Crippen LogP contribution in [0.3, 0.4) is 0 Å². The number of carbonyl (C=O) groups excluding carboxylic acids is 3. The highest BCUT2D eigenvalue weighted by atomic mass is 16.4. The highest BCUT2D eigenvalue weighted by Gasteiger charge is 2.64. The minimum absolute atomic E-state index is 0.0179. The maximum atomic E-state index is 13.9. The van der Waals surface area contributed by atoms with E-state index in [4.69, 9.17) is 5.73 Å². The number of ketones is 2. The van der Waals surface area contributed by atoms with Gasteiger partial charge in [0.1, 0.15) is 22.8 Å². The van der Waals surface area contributed by atoms with E-state index in [1.54, 1.807) is 13.0 Å². The number of benzene rings is 1. The molecule has 1 fully saturated rings. The molecule has 5 atom stereocenters. The number of Topliss-reactive ketones (excluding diaryl/α,β-unsaturated/α-hetero) is 2. The molecule has 4 aliphatic carbocycles. The van der Waals surface area contributed by atoms with Gasteiger partial charge < -0.3 is 31.3 Å². The number of rotatable bonds is 2. The second kappa shape index (κ2) is 7.91. The number of phenolic OH excluding ortho intramolecular Hbond substituents is 1. The fourth-order valence-corrected chi connectivity index (χ4v) is 7.08. The Morgan fingerprint density at radius 1 is 1.08 bits per heavy atom. The van der Waals surface area contributed by atoms with E-state index in [1.807, 2.05) is 13.0 Å². The third-order valence-corrected chi connectivity index (χ3v) is 9.11. The highest BCUT2D eigenvalue weighted by molar-refractivity contribution is 6.24. The van der Waals surface area contributed by atoms with Gasteiger partial charge in [0.05, 0.1) is 11.7 Å². The van der Waals surface area contributed by atoms with E-state index >= 15 is 0 Å². The van der Waals surface area contributed by atoms with Crippen molar-refractivity contribution >= 4 is 17.5 Å². The lowest BCUT2D eigenvalue weighted by Gasteiger charge is -2.50. The van der Waals surface area contributed by atoms with Crippen molar-refractivity contribution in [2.24, 2.45) is 17.6 Å². The molecule has 1 saturated carbocycles. The molecule has 0 aromatic heterocycles. The SMILES string of the molecule is C[C@H]1c2ccc(C3(C)CCCCC3)c(O)c2C(=O)C2=C(O)[C@]3(O)C(=O)C(C(N)=O)=C(O)C[C@@H]3[C@@H](O)[C@@H]21. The summed E-state index contributed by atoms with van der Waals surface area (Å²) in [7, 11) is 0. The van der Waals surface area contributed by atoms with Crippen LogP contribution in [-0.4, -0.2) is 54.7 Å². The van der Waals surface area contributed by atoms with Crippen LogP contribution < -0.4 is 5.73 Å². The molecule has 0 spiro atoms. The van der Waals surface area contributed by atoms with Gasteiger partial charge in [-0.1, -0.05) is 45.2 Å². The van der Waals surface area contributed by atoms with E-state index < -0.39 is 70.4 Å². The van der Waals surface area contributed by atoms with Gasteiger partial charge in [0, 0.05) is 29.4 Å². The van der Waals surface area contributed by atoms with Crippen LogP contribution in [0.25, 0.3) is 0 Å². The summed E-state index contributed by atoms with van der Waals surface area (Å²) >= 11 is 0. The Hall–Kier alpha value is -3.17. The molecule has 0 unspecified atom stereocenters. The maximum absolute atomic E-state index is 13.9. The van der Waals surface area contributed by atoms with Gasteiger partial charge >= 0.3 is 0 Å². The van der Waals surface area contributed by atoms with E-state index in [2.05, 4.69) is 0 Å². The van der Waals surface area contributed by atoms with Gasteiger partial charge in [0.2, 0.25) is 5.78 Å². The molecule has 4 aliphatic rings. The topological polar surface area (TPSA) is 178 Å². The average molecular weight is 498 g/mol. The Bertz CT molecular complexity index is 1270. The number of aliphatic hydroxyl groups is 4. The van der Waals surface area contributed by atoms with Gasteiger partial charge in [0.25, 0.3) is 5.91 Å². The number of carbonyl (C=O) groups is 3. The summed E-state index contributed by atoms with van der Waals surface area (Å²) in [6, 6.07) is 3.59. The molecule has 0 radical (unpaired) electrons. The van der Waals surface area contributed by atoms with Crippen molar-refractivity contribution in [2.45, 2.75) is 75.4 Å². The van der Waals surface area contributed by atoms with Gasteiger partial charge in [0.15, 0.2) is 11.4 Å². The summed E-state index contributed by atoms with van der Waals surface area (Å²) in [6.07, 6.45) is 2.77. The quantitative estimate of drug-likeness (QED) is 0.337. The number of hydrogen-bond donors (Lipinski definition) is 6. The van der Waals surface area contributed by atoms with Gasteiger partial charge in [-0.25, -0.2) is 0 Å². The first-order valence-corrected chi connectivity index (χ1v) is 12.4. The van der Waals surface area contributed by atoms with Gasteiger partial charge in [-0.05, 0) is 29.7 Å². The lowest BCUT2D eigenvalue weighted by Crippen LogP contribution is -2.62. The van der Waals surface area contributed by atoms with Crippen LogP contribution in [0.4, 0.5) is 0 Å². The molecule has 0 heterocycles. The molecular formula is C27H31NO8. The zero-order valence-electron chi connectivity index (χ0n) is 20.2. The second-order valence-corrected chi connectivity index (χ2v) is 11.0. The Kier molecular flexibility index (Phi) is 5.39. The highest BCUT2D eigenvalue weighted by Crippen LogP contribution is 2.56. The number of aromatic hydroxyl groups is 1. The lowest BCUT2D eigenvalue weighted by atomic mass is 9.56. The molecule has 5 rings (SSSR count). The van der Waals surface area contributed by atoms with Gasteiger partial charge in [-0.3, -0.25) is 14.4 Å². The zero-order valence-corrected chi connectivity index (χ0v) is 20.2. The Balaban J connectivity index is 1.71. The minimum Gasteiger partial charge on any atom is -0.511 e. The Morgan fingerprint density at radius 2 is 1.72 bits per heavy atom. The smallest absolute Gasteiger partial charge is 0.255 e. The fourth-order valence-electron chi connectivity index (χ4n) is 7.08. The molecule has 1 amide bonds. The van der Waals surface area contributed by atoms with E-state index in [9.17, 15) is 39.9 Å². The summed E-state index contributed by atoms with van der Waals surface area (Å²) in [5.41, 5.74) is 1.92. The van der Waals surface area contributed by atoms with E-state index in [-0.39, 0.29) is 22.3 Å². The standard InChI is InChI=1S/C27H31NO8/c1-11-12-6-7-13(26(2)8-4-3-5-9-26)20(30)17(12)22(32)19-16(11)21(31)14-10-15(29)18(25(28)35)23(33)27(14,36)24(19)34/h6-7,11,14,16,21,29-31,34,36H,3-5,8-10H2,1-2H3,(H2,28,35)/t11-,14+,16+,21+,27+/m0/s1. The molecule has 36 heavy (non-hydrogen) atoms. The molecule has 0 aliphatic heterocycles. The molecular weight excluding hydrogens is 466 g/mol. The molecule has 192 valence electrons. The number of phenols is 1. The zero-order chi connectivity index (χ0) is 26.3. The Labute approximate surface area is 207 Å². The molecule has 9 heteroatoms. The minimum atomic E-state index is -2.82. The van der Waals surface area contributed by atoms with Crippen LogP contribution in [0.15, 0.2) is 34.8 Å². The van der Waals surface area contributed by atoms with Gasteiger partial charge in [-0.2, -0.15) is 0 Å². The van der Waals surface area contributed by atoms with E-state index in [1.165, 1.54) is 0 Å². The molecule has 7 N–H and O–H groups in total. The third-order valence-electron chi connectivity index (χ3n) is 9.11. The summed E-state index contributed by atoms with van der Waals surface area (Å²) < 4.78 is 0. The van der Waals surface area contributed by atoms with Crippen molar-refractivity contribution in [1.82, 2.24) is 0 Å². The molecule has 1 aromatic carbocycles. The number of primary amides is 1. The number of hydrogen-bond acceptors (Lipinski definition) is 8. The first kappa shape index (κ1) is 24.5. The fraction of sp³-hybridized carbons (Fsp3) is 0.519.